The quantitative estimate of drug-likeness (QED) is 0.342. The molecule has 1 aliphatic rings. The number of thiophene rings is 1. The van der Waals surface area contributed by atoms with Crippen LogP contribution in [0.4, 0.5) is 0 Å². The molecule has 5 nitrogen and oxygen atoms in total. The highest BCUT2D eigenvalue weighted by Gasteiger charge is 2.23. The van der Waals surface area contributed by atoms with Gasteiger partial charge >= 0.3 is 0 Å². The Bertz CT molecular complexity index is 820. The van der Waals surface area contributed by atoms with E-state index in [1.807, 2.05) is 17.9 Å². The molecule has 2 N–H and O–H groups in total. The average Bonchev–Trinajstić information content (AvgIpc) is 3.25. The molecule has 7 heteroatoms. The molecule has 1 aromatic carbocycles. The number of benzene rings is 1. The van der Waals surface area contributed by atoms with Gasteiger partial charge < -0.3 is 15.5 Å². The number of fused-ring (bicyclic) bond motifs is 1. The zero-order valence-electron chi connectivity index (χ0n) is 17.4. The molecule has 1 aromatic heterocycles. The van der Waals surface area contributed by atoms with E-state index < -0.39 is 0 Å². The summed E-state index contributed by atoms with van der Waals surface area (Å²) in [5, 5.41) is 8.75. The van der Waals surface area contributed by atoms with Gasteiger partial charge in [-0.25, -0.2) is 4.99 Å². The van der Waals surface area contributed by atoms with Crippen LogP contribution in [0.2, 0.25) is 0 Å². The molecule has 0 saturated heterocycles. The van der Waals surface area contributed by atoms with E-state index >= 15 is 0 Å². The van der Waals surface area contributed by atoms with Gasteiger partial charge in [0.05, 0.1) is 0 Å². The molecule has 2 heterocycles. The molecule has 0 atom stereocenters. The molecule has 0 aliphatic carbocycles. The van der Waals surface area contributed by atoms with Crippen LogP contribution in [0.3, 0.4) is 0 Å². The first-order chi connectivity index (χ1) is 13.5. The molecular weight excluding hydrogens is 495 g/mol. The highest BCUT2D eigenvalue weighted by atomic mass is 127. The number of hydrogen-bond acceptors (Lipinski definition) is 3. The molecule has 0 unspecified atom stereocenters. The van der Waals surface area contributed by atoms with Gasteiger partial charge in [-0.05, 0) is 35.9 Å². The first-order valence-electron chi connectivity index (χ1n) is 9.90. The highest BCUT2D eigenvalue weighted by Crippen LogP contribution is 2.26. The zero-order chi connectivity index (χ0) is 20.0. The normalized spacial score (nSPS) is 14.0. The molecule has 1 aliphatic heterocycles. The molecular formula is C22H31IN4OS. The van der Waals surface area contributed by atoms with Crippen molar-refractivity contribution in [3.63, 3.8) is 0 Å². The number of amides is 1. The fraction of sp³-hybridized carbons (Fsp3) is 0.455. The third-order valence-electron chi connectivity index (χ3n) is 5.09. The summed E-state index contributed by atoms with van der Waals surface area (Å²) in [4.78, 5) is 20.4. The second kappa shape index (κ2) is 11.0. The lowest BCUT2D eigenvalue weighted by atomic mass is 9.91. The highest BCUT2D eigenvalue weighted by molar-refractivity contribution is 14.0. The Balaban J connectivity index is 0.00000300. The van der Waals surface area contributed by atoms with Crippen LogP contribution in [-0.4, -0.2) is 42.9 Å². The van der Waals surface area contributed by atoms with Gasteiger partial charge in [-0.2, -0.15) is 0 Å². The van der Waals surface area contributed by atoms with E-state index in [9.17, 15) is 4.79 Å². The predicted octanol–water partition coefficient (Wildman–Crippen LogP) is 3.78. The predicted molar refractivity (Wildman–Crippen MR) is 132 cm³/mol. The topological polar surface area (TPSA) is 56.7 Å². The van der Waals surface area contributed by atoms with Crippen LogP contribution in [-0.2, 0) is 23.2 Å². The fourth-order valence-electron chi connectivity index (χ4n) is 3.35. The van der Waals surface area contributed by atoms with Crippen LogP contribution in [0.5, 0.6) is 0 Å². The van der Waals surface area contributed by atoms with E-state index in [0.717, 1.165) is 26.1 Å². The molecule has 0 bridgehead atoms. The number of carbonyl (C=O) groups is 1. The number of hydrogen-bond donors (Lipinski definition) is 2. The summed E-state index contributed by atoms with van der Waals surface area (Å²) >= 11 is 1.77. The molecule has 3 rings (SSSR count). The summed E-state index contributed by atoms with van der Waals surface area (Å²) in [6.45, 7) is 9.58. The number of aliphatic imine (C=N–C) groups is 1. The van der Waals surface area contributed by atoms with Crippen LogP contribution in [0.25, 0.3) is 0 Å². The van der Waals surface area contributed by atoms with Crippen LogP contribution >= 0.6 is 35.3 Å². The van der Waals surface area contributed by atoms with Crippen molar-refractivity contribution in [3.8, 4) is 0 Å². The average molecular weight is 526 g/mol. The Morgan fingerprint density at radius 3 is 2.62 bits per heavy atom. The van der Waals surface area contributed by atoms with Gasteiger partial charge in [0.15, 0.2) is 5.96 Å². The van der Waals surface area contributed by atoms with Gasteiger partial charge in [0.2, 0.25) is 5.91 Å². The minimum atomic E-state index is 0. The van der Waals surface area contributed by atoms with E-state index in [2.05, 4.69) is 65.2 Å². The Morgan fingerprint density at radius 1 is 1.17 bits per heavy atom. The number of guanidine groups is 1. The van der Waals surface area contributed by atoms with Gasteiger partial charge in [0.1, 0.15) is 6.54 Å². The third-order valence-corrected chi connectivity index (χ3v) is 6.32. The maximum atomic E-state index is 12.7. The molecule has 29 heavy (non-hydrogen) atoms. The molecule has 158 valence electrons. The maximum Gasteiger partial charge on any atom is 0.244 e. The summed E-state index contributed by atoms with van der Waals surface area (Å²) in [5.74, 6) is 0.766. The zero-order valence-corrected chi connectivity index (χ0v) is 20.6. The van der Waals surface area contributed by atoms with Crippen molar-refractivity contribution >= 4 is 47.2 Å². The second-order valence-corrected chi connectivity index (χ2v) is 8.69. The number of nitrogens with one attached hydrogen (secondary N) is 2. The lowest BCUT2D eigenvalue weighted by Gasteiger charge is -2.28. The molecule has 2 aromatic rings. The van der Waals surface area contributed by atoms with Crippen molar-refractivity contribution in [2.45, 2.75) is 39.2 Å². The Morgan fingerprint density at radius 2 is 1.93 bits per heavy atom. The molecule has 0 fully saturated rings. The Labute approximate surface area is 195 Å². The van der Waals surface area contributed by atoms with Crippen LogP contribution in [0, 0.1) is 0 Å². The third kappa shape index (κ3) is 6.44. The maximum absolute atomic E-state index is 12.7. The van der Waals surface area contributed by atoms with Crippen molar-refractivity contribution in [1.82, 2.24) is 15.5 Å². The van der Waals surface area contributed by atoms with Gasteiger partial charge in [-0.1, -0.05) is 44.2 Å². The lowest BCUT2D eigenvalue weighted by Crippen LogP contribution is -2.44. The standard InChI is InChI=1S/C22H30N4OS.HI/c1-4-23-21(25-16-22(2,3)19-10-7-13-28-19)24-14-20(27)26-12-11-17-8-5-6-9-18(17)15-26;/h5-10,13H,4,11-12,14-16H2,1-3H3,(H2,23,24,25);1H. The van der Waals surface area contributed by atoms with Crippen molar-refractivity contribution in [1.29, 1.82) is 0 Å². The van der Waals surface area contributed by atoms with Crippen molar-refractivity contribution in [3.05, 3.63) is 57.8 Å². The largest absolute Gasteiger partial charge is 0.357 e. The SMILES string of the molecule is CCNC(=NCC(=O)N1CCc2ccccc2C1)NCC(C)(C)c1cccs1.I. The van der Waals surface area contributed by atoms with Crippen LogP contribution in [0.1, 0.15) is 36.8 Å². The number of nitrogens with zero attached hydrogens (tertiary/aromatic N) is 2. The smallest absolute Gasteiger partial charge is 0.244 e. The first-order valence-corrected chi connectivity index (χ1v) is 10.8. The first kappa shape index (κ1) is 23.7. The summed E-state index contributed by atoms with van der Waals surface area (Å²) in [7, 11) is 0. The van der Waals surface area contributed by atoms with E-state index in [4.69, 9.17) is 0 Å². The molecule has 0 radical (unpaired) electrons. The van der Waals surface area contributed by atoms with E-state index in [0.29, 0.717) is 12.5 Å². The minimum absolute atomic E-state index is 0. The lowest BCUT2D eigenvalue weighted by molar-refractivity contribution is -0.130. The van der Waals surface area contributed by atoms with Crippen LogP contribution in [0.15, 0.2) is 46.8 Å². The monoisotopic (exact) mass is 526 g/mol. The van der Waals surface area contributed by atoms with E-state index in [-0.39, 0.29) is 41.8 Å². The Kier molecular flexibility index (Phi) is 8.95. The molecule has 0 spiro atoms. The number of carbonyl (C=O) groups excluding carboxylic acids is 1. The molecule has 0 saturated carbocycles. The van der Waals surface area contributed by atoms with Gasteiger partial charge in [-0.15, -0.1) is 35.3 Å². The summed E-state index contributed by atoms with van der Waals surface area (Å²) in [6, 6.07) is 12.6. The summed E-state index contributed by atoms with van der Waals surface area (Å²) < 4.78 is 0. The molecule has 1 amide bonds. The van der Waals surface area contributed by atoms with Crippen molar-refractivity contribution in [2.75, 3.05) is 26.2 Å². The number of rotatable bonds is 6. The van der Waals surface area contributed by atoms with E-state index in [1.54, 1.807) is 11.3 Å². The number of halogens is 1. The second-order valence-electron chi connectivity index (χ2n) is 7.74. The van der Waals surface area contributed by atoms with E-state index in [1.165, 1.54) is 16.0 Å². The fourth-order valence-corrected chi connectivity index (χ4v) is 4.20. The van der Waals surface area contributed by atoms with Gasteiger partial charge in [0, 0.05) is 36.5 Å². The van der Waals surface area contributed by atoms with Gasteiger partial charge in [-0.3, -0.25) is 4.79 Å². The van der Waals surface area contributed by atoms with Crippen LogP contribution < -0.4 is 10.6 Å². The minimum Gasteiger partial charge on any atom is -0.357 e. The van der Waals surface area contributed by atoms with Gasteiger partial charge in [0.25, 0.3) is 0 Å². The Hall–Kier alpha value is -1.61. The van der Waals surface area contributed by atoms with Crippen molar-refractivity contribution < 1.29 is 4.79 Å². The van der Waals surface area contributed by atoms with Crippen molar-refractivity contribution in [2.24, 2.45) is 4.99 Å². The summed E-state index contributed by atoms with van der Waals surface area (Å²) in [6.07, 6.45) is 0.916. The summed E-state index contributed by atoms with van der Waals surface area (Å²) in [5.41, 5.74) is 2.60.